The van der Waals surface area contributed by atoms with Gasteiger partial charge in [0, 0.05) is 6.54 Å². The summed E-state index contributed by atoms with van der Waals surface area (Å²) in [6.07, 6.45) is 3.86. The molecule has 1 atom stereocenters. The van der Waals surface area contributed by atoms with Crippen LogP contribution >= 0.6 is 0 Å². The zero-order chi connectivity index (χ0) is 11.3. The molecule has 0 bridgehead atoms. The Hall–Kier alpha value is -1.06. The van der Waals surface area contributed by atoms with Crippen molar-refractivity contribution < 1.29 is 4.79 Å². The van der Waals surface area contributed by atoms with Crippen LogP contribution in [0.15, 0.2) is 4.99 Å². The molecule has 0 aliphatic carbocycles. The summed E-state index contributed by atoms with van der Waals surface area (Å²) in [5, 5.41) is 6.03. The van der Waals surface area contributed by atoms with Crippen molar-refractivity contribution in [2.75, 3.05) is 6.54 Å². The van der Waals surface area contributed by atoms with Crippen LogP contribution < -0.4 is 10.6 Å². The van der Waals surface area contributed by atoms with Crippen LogP contribution in [0.3, 0.4) is 0 Å². The smallest absolute Gasteiger partial charge is 0.252 e. The monoisotopic (exact) mass is 211 g/mol. The van der Waals surface area contributed by atoms with Crippen LogP contribution in [0.5, 0.6) is 0 Å². The zero-order valence-corrected chi connectivity index (χ0v) is 9.89. The lowest BCUT2D eigenvalue weighted by Gasteiger charge is -2.24. The Labute approximate surface area is 91.5 Å². The van der Waals surface area contributed by atoms with E-state index in [1.807, 2.05) is 13.8 Å². The van der Waals surface area contributed by atoms with Gasteiger partial charge in [-0.1, -0.05) is 26.7 Å². The fraction of sp³-hybridized carbons (Fsp3) is 0.818. The molecule has 1 heterocycles. The molecule has 0 radical (unpaired) electrons. The SMILES string of the molecule is CCCCC1(CC)NC(=NCC)NC1=O. The highest BCUT2D eigenvalue weighted by Crippen LogP contribution is 2.22. The summed E-state index contributed by atoms with van der Waals surface area (Å²) in [4.78, 5) is 16.1. The van der Waals surface area contributed by atoms with Gasteiger partial charge in [-0.15, -0.1) is 0 Å². The van der Waals surface area contributed by atoms with Gasteiger partial charge in [0.2, 0.25) is 0 Å². The molecule has 4 nitrogen and oxygen atoms in total. The van der Waals surface area contributed by atoms with Gasteiger partial charge in [-0.3, -0.25) is 15.1 Å². The van der Waals surface area contributed by atoms with E-state index < -0.39 is 5.54 Å². The maximum Gasteiger partial charge on any atom is 0.252 e. The number of unbranched alkanes of at least 4 members (excludes halogenated alkanes) is 1. The fourth-order valence-electron chi connectivity index (χ4n) is 1.86. The molecule has 0 spiro atoms. The minimum absolute atomic E-state index is 0.0747. The van der Waals surface area contributed by atoms with Gasteiger partial charge in [-0.2, -0.15) is 0 Å². The van der Waals surface area contributed by atoms with E-state index in [2.05, 4.69) is 22.5 Å². The lowest BCUT2D eigenvalue weighted by atomic mass is 9.90. The number of nitrogens with zero attached hydrogens (tertiary/aromatic N) is 1. The van der Waals surface area contributed by atoms with Crippen LogP contribution in [0.25, 0.3) is 0 Å². The predicted molar refractivity (Wildman–Crippen MR) is 61.8 cm³/mol. The minimum Gasteiger partial charge on any atom is -0.342 e. The first-order valence-electron chi connectivity index (χ1n) is 5.82. The summed E-state index contributed by atoms with van der Waals surface area (Å²) in [6.45, 7) is 6.82. The maximum absolute atomic E-state index is 11.9. The third kappa shape index (κ3) is 2.49. The number of carbonyl (C=O) groups excluding carboxylic acids is 1. The second-order valence-corrected chi connectivity index (χ2v) is 3.94. The van der Waals surface area contributed by atoms with Crippen molar-refractivity contribution in [2.24, 2.45) is 4.99 Å². The van der Waals surface area contributed by atoms with E-state index in [1.165, 1.54) is 0 Å². The molecule has 2 N–H and O–H groups in total. The van der Waals surface area contributed by atoms with Crippen LogP contribution in [-0.4, -0.2) is 24.0 Å². The average molecular weight is 211 g/mol. The van der Waals surface area contributed by atoms with Gasteiger partial charge in [-0.25, -0.2) is 0 Å². The van der Waals surface area contributed by atoms with Crippen molar-refractivity contribution in [3.05, 3.63) is 0 Å². The topological polar surface area (TPSA) is 53.5 Å². The predicted octanol–water partition coefficient (Wildman–Crippen LogP) is 1.42. The first-order valence-corrected chi connectivity index (χ1v) is 5.82. The van der Waals surface area contributed by atoms with Crippen LogP contribution in [-0.2, 0) is 4.79 Å². The van der Waals surface area contributed by atoms with Crippen molar-refractivity contribution in [1.29, 1.82) is 0 Å². The molecule has 1 rings (SSSR count). The molecule has 86 valence electrons. The summed E-state index contributed by atoms with van der Waals surface area (Å²) in [7, 11) is 0. The Bertz CT molecular complexity index is 263. The average Bonchev–Trinajstić information content (AvgIpc) is 2.53. The Morgan fingerprint density at radius 3 is 2.60 bits per heavy atom. The quantitative estimate of drug-likeness (QED) is 0.722. The molecule has 0 aromatic rings. The summed E-state index contributed by atoms with van der Waals surface area (Å²) in [5.74, 6) is 0.714. The number of rotatable bonds is 5. The Morgan fingerprint density at radius 1 is 1.33 bits per heavy atom. The highest BCUT2D eigenvalue weighted by atomic mass is 16.2. The van der Waals surface area contributed by atoms with Gasteiger partial charge < -0.3 is 5.32 Å². The Balaban J connectivity index is 2.73. The zero-order valence-electron chi connectivity index (χ0n) is 9.89. The molecule has 1 fully saturated rings. The van der Waals surface area contributed by atoms with E-state index in [4.69, 9.17) is 0 Å². The van der Waals surface area contributed by atoms with Crippen molar-refractivity contribution in [1.82, 2.24) is 10.6 Å². The van der Waals surface area contributed by atoms with Crippen molar-refractivity contribution >= 4 is 11.9 Å². The number of carbonyl (C=O) groups is 1. The molecule has 15 heavy (non-hydrogen) atoms. The lowest BCUT2D eigenvalue weighted by Crippen LogP contribution is -2.46. The summed E-state index contributed by atoms with van der Waals surface area (Å²) < 4.78 is 0. The van der Waals surface area contributed by atoms with Crippen LogP contribution in [0.4, 0.5) is 0 Å². The molecule has 0 aromatic heterocycles. The van der Waals surface area contributed by atoms with Gasteiger partial charge in [0.15, 0.2) is 5.96 Å². The van der Waals surface area contributed by atoms with E-state index in [9.17, 15) is 4.79 Å². The van der Waals surface area contributed by atoms with Crippen molar-refractivity contribution in [3.63, 3.8) is 0 Å². The second kappa shape index (κ2) is 5.14. The first-order chi connectivity index (χ1) is 7.18. The van der Waals surface area contributed by atoms with Crippen molar-refractivity contribution in [2.45, 2.75) is 52.0 Å². The fourth-order valence-corrected chi connectivity index (χ4v) is 1.86. The highest BCUT2D eigenvalue weighted by molar-refractivity contribution is 6.08. The molecular weight excluding hydrogens is 190 g/mol. The second-order valence-electron chi connectivity index (χ2n) is 3.94. The van der Waals surface area contributed by atoms with E-state index in [0.717, 1.165) is 25.7 Å². The molecule has 1 saturated heterocycles. The van der Waals surface area contributed by atoms with Crippen LogP contribution in [0.1, 0.15) is 46.5 Å². The molecule has 0 aromatic carbocycles. The normalized spacial score (nSPS) is 27.9. The van der Waals surface area contributed by atoms with Gasteiger partial charge in [0.25, 0.3) is 5.91 Å². The van der Waals surface area contributed by atoms with Gasteiger partial charge in [0.05, 0.1) is 0 Å². The molecule has 1 aliphatic heterocycles. The maximum atomic E-state index is 11.9. The third-order valence-corrected chi connectivity index (χ3v) is 2.90. The highest BCUT2D eigenvalue weighted by Gasteiger charge is 2.42. The van der Waals surface area contributed by atoms with Crippen molar-refractivity contribution in [3.8, 4) is 0 Å². The van der Waals surface area contributed by atoms with Crippen LogP contribution in [0, 0.1) is 0 Å². The molecule has 1 unspecified atom stereocenters. The lowest BCUT2D eigenvalue weighted by molar-refractivity contribution is -0.124. The first kappa shape index (κ1) is 12.0. The summed E-state index contributed by atoms with van der Waals surface area (Å²) >= 11 is 0. The van der Waals surface area contributed by atoms with Gasteiger partial charge >= 0.3 is 0 Å². The van der Waals surface area contributed by atoms with E-state index in [0.29, 0.717) is 12.5 Å². The van der Waals surface area contributed by atoms with E-state index >= 15 is 0 Å². The Morgan fingerprint density at radius 2 is 2.07 bits per heavy atom. The van der Waals surface area contributed by atoms with E-state index in [-0.39, 0.29) is 5.91 Å². The Kier molecular flexibility index (Phi) is 4.12. The number of amides is 1. The van der Waals surface area contributed by atoms with Gasteiger partial charge in [-0.05, 0) is 19.8 Å². The van der Waals surface area contributed by atoms with E-state index in [1.54, 1.807) is 0 Å². The third-order valence-electron chi connectivity index (χ3n) is 2.90. The minimum atomic E-state index is -0.413. The number of hydrogen-bond acceptors (Lipinski definition) is 2. The molecular formula is C11H21N3O. The molecule has 1 aliphatic rings. The number of hydrogen-bond donors (Lipinski definition) is 2. The molecule has 0 saturated carbocycles. The standard InChI is InChI=1S/C11H21N3O/c1-4-7-8-11(5-2)9(15)13-10(14-11)12-6-3/h4-8H2,1-3H3,(H2,12,13,14,15). The summed E-state index contributed by atoms with van der Waals surface area (Å²) in [5.41, 5.74) is -0.413. The van der Waals surface area contributed by atoms with Crippen LogP contribution in [0.2, 0.25) is 0 Å². The largest absolute Gasteiger partial charge is 0.342 e. The number of guanidine groups is 1. The number of nitrogens with one attached hydrogen (secondary N) is 2. The molecule has 4 heteroatoms. The molecule has 1 amide bonds. The number of aliphatic imine (C=N–C) groups is 1. The van der Waals surface area contributed by atoms with Gasteiger partial charge in [0.1, 0.15) is 5.54 Å². The summed E-state index contributed by atoms with van der Waals surface area (Å²) in [6, 6.07) is 0.